The highest BCUT2D eigenvalue weighted by Crippen LogP contribution is 2.12. The van der Waals surface area contributed by atoms with Crippen molar-refractivity contribution in [2.45, 2.75) is 20.0 Å². The topological polar surface area (TPSA) is 98.3 Å². The van der Waals surface area contributed by atoms with E-state index in [4.69, 9.17) is 21.1 Å². The van der Waals surface area contributed by atoms with Crippen LogP contribution in [0.15, 0.2) is 0 Å². The van der Waals surface area contributed by atoms with Gasteiger partial charge < -0.3 is 20.1 Å². The Kier molecular flexibility index (Phi) is 6.96. The molecule has 20 heavy (non-hydrogen) atoms. The van der Waals surface area contributed by atoms with E-state index < -0.39 is 0 Å². The summed E-state index contributed by atoms with van der Waals surface area (Å²) in [5.74, 6) is -0.0209. The van der Waals surface area contributed by atoms with Crippen LogP contribution in [-0.4, -0.2) is 53.8 Å². The second-order valence-corrected chi connectivity index (χ2v) is 4.41. The maximum absolute atomic E-state index is 11.5. The molecule has 9 heteroatoms. The van der Waals surface area contributed by atoms with Crippen LogP contribution in [0.25, 0.3) is 0 Å². The van der Waals surface area contributed by atoms with Gasteiger partial charge in [-0.3, -0.25) is 4.79 Å². The predicted molar refractivity (Wildman–Crippen MR) is 74.0 cm³/mol. The van der Waals surface area contributed by atoms with Crippen molar-refractivity contribution in [3.63, 3.8) is 0 Å². The molecule has 0 spiro atoms. The van der Waals surface area contributed by atoms with Gasteiger partial charge in [-0.1, -0.05) is 0 Å². The third-order valence-electron chi connectivity index (χ3n) is 1.96. The van der Waals surface area contributed by atoms with Gasteiger partial charge in [-0.25, -0.2) is 0 Å². The molecule has 1 rings (SSSR count). The Morgan fingerprint density at radius 2 is 2.10 bits per heavy atom. The Labute approximate surface area is 122 Å². The van der Waals surface area contributed by atoms with Gasteiger partial charge in [0.1, 0.15) is 0 Å². The molecule has 1 aromatic rings. The van der Waals surface area contributed by atoms with Gasteiger partial charge in [0.2, 0.25) is 17.1 Å². The summed E-state index contributed by atoms with van der Waals surface area (Å²) >= 11 is 5.75. The summed E-state index contributed by atoms with van der Waals surface area (Å²) in [5, 5.41) is 5.40. The molecule has 0 unspecified atom stereocenters. The zero-order valence-electron chi connectivity index (χ0n) is 11.6. The zero-order valence-corrected chi connectivity index (χ0v) is 12.4. The first-order valence-corrected chi connectivity index (χ1v) is 6.46. The van der Waals surface area contributed by atoms with Crippen LogP contribution in [0.1, 0.15) is 13.8 Å². The van der Waals surface area contributed by atoms with Gasteiger partial charge in [0.05, 0.1) is 19.3 Å². The normalized spacial score (nSPS) is 10.4. The number of hydrogen-bond donors (Lipinski definition) is 2. The fourth-order valence-electron chi connectivity index (χ4n) is 1.19. The fraction of sp³-hybridized carbons (Fsp3) is 0.636. The van der Waals surface area contributed by atoms with Crippen LogP contribution in [0.5, 0.6) is 6.01 Å². The minimum absolute atomic E-state index is 0.00191. The number of ether oxygens (including phenoxy) is 2. The van der Waals surface area contributed by atoms with Crippen molar-refractivity contribution >= 4 is 23.5 Å². The first kappa shape index (κ1) is 16.4. The lowest BCUT2D eigenvalue weighted by Crippen LogP contribution is -2.32. The average Bonchev–Trinajstić information content (AvgIpc) is 2.35. The Hall–Kier alpha value is -1.67. The highest BCUT2D eigenvalue weighted by molar-refractivity contribution is 6.28. The van der Waals surface area contributed by atoms with Crippen LogP contribution in [-0.2, 0) is 9.53 Å². The van der Waals surface area contributed by atoms with Crippen LogP contribution in [0.4, 0.5) is 5.95 Å². The third-order valence-corrected chi connectivity index (χ3v) is 2.13. The number of methoxy groups -OCH3 is 1. The van der Waals surface area contributed by atoms with Gasteiger partial charge in [-0.15, -0.1) is 0 Å². The largest absolute Gasteiger partial charge is 0.461 e. The molecule has 0 saturated carbocycles. The summed E-state index contributed by atoms with van der Waals surface area (Å²) in [5.41, 5.74) is 0. The van der Waals surface area contributed by atoms with Gasteiger partial charge in [0.25, 0.3) is 0 Å². The molecule has 0 atom stereocenters. The SMILES string of the molecule is COCCNC(=O)CNc1nc(Cl)nc(OC(C)C)n1. The van der Waals surface area contributed by atoms with E-state index in [9.17, 15) is 4.79 Å². The van der Waals surface area contributed by atoms with Crippen molar-refractivity contribution in [1.82, 2.24) is 20.3 Å². The molecule has 8 nitrogen and oxygen atoms in total. The molecule has 0 aromatic carbocycles. The Balaban J connectivity index is 2.50. The standard InChI is InChI=1S/C11H18ClN5O3/c1-7(2)20-11-16-9(12)15-10(17-11)14-6-8(18)13-4-5-19-3/h7H,4-6H2,1-3H3,(H,13,18)(H,14,15,16,17). The predicted octanol–water partition coefficient (Wildman–Crippen LogP) is 0.487. The summed E-state index contributed by atoms with van der Waals surface area (Å²) in [4.78, 5) is 23.2. The lowest BCUT2D eigenvalue weighted by Gasteiger charge is -2.10. The van der Waals surface area contributed by atoms with E-state index in [0.29, 0.717) is 13.2 Å². The maximum atomic E-state index is 11.5. The number of carbonyl (C=O) groups excluding carboxylic acids is 1. The number of amides is 1. The van der Waals surface area contributed by atoms with E-state index in [2.05, 4.69) is 25.6 Å². The minimum Gasteiger partial charge on any atom is -0.461 e. The summed E-state index contributed by atoms with van der Waals surface area (Å²) in [6, 6.07) is 0.113. The smallest absolute Gasteiger partial charge is 0.322 e. The number of nitrogens with one attached hydrogen (secondary N) is 2. The van der Waals surface area contributed by atoms with Crippen LogP contribution in [0.3, 0.4) is 0 Å². The number of nitrogens with zero attached hydrogens (tertiary/aromatic N) is 3. The van der Waals surface area contributed by atoms with Crippen LogP contribution >= 0.6 is 11.6 Å². The molecule has 0 saturated heterocycles. The van der Waals surface area contributed by atoms with E-state index in [-0.39, 0.29) is 35.8 Å². The Morgan fingerprint density at radius 3 is 2.75 bits per heavy atom. The fourth-order valence-corrected chi connectivity index (χ4v) is 1.34. The molecule has 2 N–H and O–H groups in total. The quantitative estimate of drug-likeness (QED) is 0.674. The molecule has 112 valence electrons. The lowest BCUT2D eigenvalue weighted by atomic mass is 10.5. The van der Waals surface area contributed by atoms with Gasteiger partial charge in [-0.05, 0) is 25.4 Å². The van der Waals surface area contributed by atoms with Crippen molar-refractivity contribution in [2.75, 3.05) is 32.1 Å². The molecule has 1 amide bonds. The van der Waals surface area contributed by atoms with E-state index >= 15 is 0 Å². The molecule has 1 aromatic heterocycles. The van der Waals surface area contributed by atoms with Crippen molar-refractivity contribution in [3.05, 3.63) is 5.28 Å². The zero-order chi connectivity index (χ0) is 15.0. The monoisotopic (exact) mass is 303 g/mol. The molecule has 0 fully saturated rings. The second-order valence-electron chi connectivity index (χ2n) is 4.07. The van der Waals surface area contributed by atoms with Crippen molar-refractivity contribution in [3.8, 4) is 6.01 Å². The minimum atomic E-state index is -0.204. The van der Waals surface area contributed by atoms with Crippen molar-refractivity contribution in [1.29, 1.82) is 0 Å². The highest BCUT2D eigenvalue weighted by atomic mass is 35.5. The molecular formula is C11H18ClN5O3. The summed E-state index contributed by atoms with van der Waals surface area (Å²) in [6.45, 7) is 4.60. The van der Waals surface area contributed by atoms with Gasteiger partial charge in [-0.2, -0.15) is 15.0 Å². The van der Waals surface area contributed by atoms with Crippen LogP contribution < -0.4 is 15.4 Å². The number of halogens is 1. The number of aromatic nitrogens is 3. The highest BCUT2D eigenvalue weighted by Gasteiger charge is 2.08. The van der Waals surface area contributed by atoms with Crippen molar-refractivity contribution < 1.29 is 14.3 Å². The first-order valence-electron chi connectivity index (χ1n) is 6.09. The van der Waals surface area contributed by atoms with Gasteiger partial charge in [0.15, 0.2) is 0 Å². The third kappa shape index (κ3) is 6.48. The van der Waals surface area contributed by atoms with Crippen molar-refractivity contribution in [2.24, 2.45) is 0 Å². The summed E-state index contributed by atoms with van der Waals surface area (Å²) < 4.78 is 10.1. The second kappa shape index (κ2) is 8.49. The molecule has 0 aliphatic rings. The molecule has 0 aliphatic carbocycles. The Bertz CT molecular complexity index is 444. The summed E-state index contributed by atoms with van der Waals surface area (Å²) in [6.07, 6.45) is -0.0846. The van der Waals surface area contributed by atoms with Crippen LogP contribution in [0.2, 0.25) is 5.28 Å². The maximum Gasteiger partial charge on any atom is 0.322 e. The molecule has 0 radical (unpaired) electrons. The Morgan fingerprint density at radius 1 is 1.35 bits per heavy atom. The molecule has 1 heterocycles. The number of carbonyl (C=O) groups is 1. The number of anilines is 1. The van der Waals surface area contributed by atoms with E-state index in [0.717, 1.165) is 0 Å². The number of hydrogen-bond acceptors (Lipinski definition) is 7. The molecular weight excluding hydrogens is 286 g/mol. The lowest BCUT2D eigenvalue weighted by molar-refractivity contribution is -0.119. The first-order chi connectivity index (χ1) is 9.51. The van der Waals surface area contributed by atoms with Gasteiger partial charge >= 0.3 is 6.01 Å². The van der Waals surface area contributed by atoms with Gasteiger partial charge in [0, 0.05) is 13.7 Å². The van der Waals surface area contributed by atoms with E-state index in [1.807, 2.05) is 13.8 Å². The molecule has 0 aliphatic heterocycles. The average molecular weight is 304 g/mol. The summed E-state index contributed by atoms with van der Waals surface area (Å²) in [7, 11) is 1.56. The van der Waals surface area contributed by atoms with E-state index in [1.165, 1.54) is 0 Å². The van der Waals surface area contributed by atoms with Crippen LogP contribution in [0, 0.1) is 0 Å². The number of rotatable bonds is 8. The molecule has 0 bridgehead atoms. The van der Waals surface area contributed by atoms with E-state index in [1.54, 1.807) is 7.11 Å².